The maximum absolute atomic E-state index is 10.4. The maximum Gasteiger partial charge on any atom is 0.336 e. The van der Waals surface area contributed by atoms with Crippen molar-refractivity contribution in [2.75, 3.05) is 0 Å². The quantitative estimate of drug-likeness (QED) is 0.425. The minimum atomic E-state index is -1.25. The molecule has 1 atom stereocenters. The number of nitrogens with two attached hydrogens (primary N) is 1. The molecule has 5 nitrogen and oxygen atoms in total. The van der Waals surface area contributed by atoms with Crippen molar-refractivity contribution in [1.29, 1.82) is 0 Å². The minimum Gasteiger partial charge on any atom is -0.478 e. The first kappa shape index (κ1) is 7.77. The van der Waals surface area contributed by atoms with Gasteiger partial charge in [-0.3, -0.25) is 5.01 Å². The van der Waals surface area contributed by atoms with Crippen LogP contribution in [0.2, 0.25) is 0 Å². The zero-order valence-corrected chi connectivity index (χ0v) is 5.64. The van der Waals surface area contributed by atoms with E-state index in [1.807, 2.05) is 0 Å². The van der Waals surface area contributed by atoms with Gasteiger partial charge in [-0.2, -0.15) is 0 Å². The number of aliphatic hydroxyl groups excluding tert-OH is 1. The summed E-state index contributed by atoms with van der Waals surface area (Å²) in [5, 5.41) is 18.5. The second kappa shape index (κ2) is 2.73. The molecule has 0 amide bonds. The molecule has 1 aliphatic rings. The molecule has 0 saturated heterocycles. The van der Waals surface area contributed by atoms with E-state index in [1.54, 1.807) is 0 Å². The number of hydrogen-bond acceptors (Lipinski definition) is 4. The zero-order valence-electron chi connectivity index (χ0n) is 5.64. The molecule has 60 valence electrons. The molecule has 1 unspecified atom stereocenters. The standard InChI is InChI=1S/C6H8N2O3/c7-8-3-1-2-4(5(8)9)6(10)11/h1-3,5,9H,7H2,(H,10,11). The molecule has 1 aliphatic heterocycles. The summed E-state index contributed by atoms with van der Waals surface area (Å²) in [6.45, 7) is 0. The Kier molecular flexibility index (Phi) is 1.93. The van der Waals surface area contributed by atoms with Gasteiger partial charge in [0.25, 0.3) is 0 Å². The molecular formula is C6H8N2O3. The summed E-state index contributed by atoms with van der Waals surface area (Å²) >= 11 is 0. The highest BCUT2D eigenvalue weighted by atomic mass is 16.4. The number of aliphatic hydroxyl groups is 1. The Morgan fingerprint density at radius 2 is 2.36 bits per heavy atom. The number of carbonyl (C=O) groups is 1. The fraction of sp³-hybridized carbons (Fsp3) is 0.167. The number of allylic oxidation sites excluding steroid dienone is 2. The molecule has 11 heavy (non-hydrogen) atoms. The van der Waals surface area contributed by atoms with Crippen LogP contribution in [0.25, 0.3) is 0 Å². The molecule has 5 heteroatoms. The topological polar surface area (TPSA) is 86.8 Å². The Balaban J connectivity index is 2.87. The molecule has 0 bridgehead atoms. The van der Waals surface area contributed by atoms with Crippen molar-refractivity contribution >= 4 is 5.97 Å². The van der Waals surface area contributed by atoms with E-state index in [9.17, 15) is 4.79 Å². The van der Waals surface area contributed by atoms with Crippen LogP contribution in [-0.2, 0) is 4.79 Å². The Morgan fingerprint density at radius 1 is 1.73 bits per heavy atom. The predicted molar refractivity (Wildman–Crippen MR) is 36.9 cm³/mol. The van der Waals surface area contributed by atoms with Crippen molar-refractivity contribution in [3.05, 3.63) is 23.9 Å². The van der Waals surface area contributed by atoms with Crippen LogP contribution in [0.4, 0.5) is 0 Å². The van der Waals surface area contributed by atoms with E-state index in [4.69, 9.17) is 16.1 Å². The highest BCUT2D eigenvalue weighted by Crippen LogP contribution is 2.10. The van der Waals surface area contributed by atoms with E-state index in [-0.39, 0.29) is 5.57 Å². The van der Waals surface area contributed by atoms with E-state index in [2.05, 4.69) is 0 Å². The average Bonchev–Trinajstić information content (AvgIpc) is 1.94. The third-order valence-corrected chi connectivity index (χ3v) is 1.34. The normalized spacial score (nSPS) is 23.3. The molecule has 0 spiro atoms. The minimum absolute atomic E-state index is 0.130. The Morgan fingerprint density at radius 3 is 2.82 bits per heavy atom. The highest BCUT2D eigenvalue weighted by molar-refractivity contribution is 5.88. The van der Waals surface area contributed by atoms with Crippen LogP contribution >= 0.6 is 0 Å². The second-order valence-electron chi connectivity index (χ2n) is 2.09. The molecule has 1 heterocycles. The van der Waals surface area contributed by atoms with Crippen LogP contribution in [0.5, 0.6) is 0 Å². The predicted octanol–water partition coefficient (Wildman–Crippen LogP) is -0.981. The number of hydrogen-bond donors (Lipinski definition) is 3. The van der Waals surface area contributed by atoms with Gasteiger partial charge < -0.3 is 10.2 Å². The van der Waals surface area contributed by atoms with Crippen molar-refractivity contribution in [3.8, 4) is 0 Å². The Bertz CT molecular complexity index is 234. The lowest BCUT2D eigenvalue weighted by atomic mass is 10.2. The van der Waals surface area contributed by atoms with Gasteiger partial charge in [0, 0.05) is 6.20 Å². The third-order valence-electron chi connectivity index (χ3n) is 1.34. The van der Waals surface area contributed by atoms with Crippen molar-refractivity contribution in [1.82, 2.24) is 5.01 Å². The summed E-state index contributed by atoms with van der Waals surface area (Å²) in [5.74, 6) is 4.03. The molecular weight excluding hydrogens is 148 g/mol. The van der Waals surface area contributed by atoms with Crippen molar-refractivity contribution < 1.29 is 15.0 Å². The number of nitrogens with zero attached hydrogens (tertiary/aromatic N) is 1. The van der Waals surface area contributed by atoms with Gasteiger partial charge in [0.2, 0.25) is 0 Å². The lowest BCUT2D eigenvalue weighted by molar-refractivity contribution is -0.135. The van der Waals surface area contributed by atoms with Gasteiger partial charge in [-0.25, -0.2) is 10.6 Å². The number of carboxylic acid groups (broad SMARTS) is 1. The van der Waals surface area contributed by atoms with Crippen LogP contribution in [-0.4, -0.2) is 27.4 Å². The number of carboxylic acids is 1. The summed E-state index contributed by atoms with van der Waals surface area (Å²) < 4.78 is 0. The van der Waals surface area contributed by atoms with Gasteiger partial charge >= 0.3 is 5.97 Å². The van der Waals surface area contributed by atoms with Gasteiger partial charge in [-0.15, -0.1) is 0 Å². The molecule has 0 saturated carbocycles. The van der Waals surface area contributed by atoms with Crippen LogP contribution in [0, 0.1) is 0 Å². The SMILES string of the molecule is NN1C=CC=C(C(=O)O)C1O. The number of hydrazine groups is 1. The molecule has 0 fully saturated rings. The first-order valence-electron chi connectivity index (χ1n) is 2.95. The molecule has 0 aromatic rings. The smallest absolute Gasteiger partial charge is 0.336 e. The van der Waals surface area contributed by atoms with Gasteiger partial charge in [0.15, 0.2) is 6.23 Å². The van der Waals surface area contributed by atoms with E-state index >= 15 is 0 Å². The first-order chi connectivity index (χ1) is 5.13. The largest absolute Gasteiger partial charge is 0.478 e. The van der Waals surface area contributed by atoms with Crippen molar-refractivity contribution in [3.63, 3.8) is 0 Å². The molecule has 4 N–H and O–H groups in total. The Hall–Kier alpha value is -1.33. The van der Waals surface area contributed by atoms with Crippen LogP contribution in [0.15, 0.2) is 23.9 Å². The van der Waals surface area contributed by atoms with E-state index in [0.717, 1.165) is 5.01 Å². The van der Waals surface area contributed by atoms with Gasteiger partial charge in [-0.05, 0) is 12.2 Å². The third kappa shape index (κ3) is 1.39. The van der Waals surface area contributed by atoms with E-state index in [0.29, 0.717) is 0 Å². The molecule has 0 radical (unpaired) electrons. The molecule has 0 aromatic heterocycles. The summed E-state index contributed by atoms with van der Waals surface area (Å²) in [6.07, 6.45) is 2.89. The van der Waals surface area contributed by atoms with Crippen LogP contribution in [0.1, 0.15) is 0 Å². The fourth-order valence-corrected chi connectivity index (χ4v) is 0.756. The summed E-state index contributed by atoms with van der Waals surface area (Å²) in [4.78, 5) is 10.4. The molecule has 0 aromatic carbocycles. The molecule has 0 aliphatic carbocycles. The fourth-order valence-electron chi connectivity index (χ4n) is 0.756. The molecule has 1 rings (SSSR count). The summed E-state index contributed by atoms with van der Waals surface area (Å²) in [6, 6.07) is 0. The van der Waals surface area contributed by atoms with Gasteiger partial charge in [0.05, 0.1) is 5.57 Å². The number of aliphatic carboxylic acids is 1. The van der Waals surface area contributed by atoms with Crippen molar-refractivity contribution in [2.24, 2.45) is 5.84 Å². The van der Waals surface area contributed by atoms with Gasteiger partial charge in [0.1, 0.15) is 0 Å². The van der Waals surface area contributed by atoms with E-state index < -0.39 is 12.2 Å². The summed E-state index contributed by atoms with van der Waals surface area (Å²) in [5.41, 5.74) is -0.130. The zero-order chi connectivity index (χ0) is 8.43. The van der Waals surface area contributed by atoms with Crippen LogP contribution in [0.3, 0.4) is 0 Å². The number of rotatable bonds is 1. The average molecular weight is 156 g/mol. The first-order valence-corrected chi connectivity index (χ1v) is 2.95. The van der Waals surface area contributed by atoms with Crippen molar-refractivity contribution in [2.45, 2.75) is 6.23 Å². The second-order valence-corrected chi connectivity index (χ2v) is 2.09. The lowest BCUT2D eigenvalue weighted by Crippen LogP contribution is -2.41. The monoisotopic (exact) mass is 156 g/mol. The highest BCUT2D eigenvalue weighted by Gasteiger charge is 2.22. The maximum atomic E-state index is 10.4. The van der Waals surface area contributed by atoms with E-state index in [1.165, 1.54) is 18.4 Å². The lowest BCUT2D eigenvalue weighted by Gasteiger charge is -2.23. The Labute approximate surface area is 63.0 Å². The van der Waals surface area contributed by atoms with Gasteiger partial charge in [-0.1, -0.05) is 0 Å². The van der Waals surface area contributed by atoms with Crippen LogP contribution < -0.4 is 5.84 Å². The summed E-state index contributed by atoms with van der Waals surface area (Å²) in [7, 11) is 0.